The molecule has 310 valence electrons. The van der Waals surface area contributed by atoms with Crippen LogP contribution in [0, 0.1) is 0 Å². The molecule has 0 atom stereocenters. The second-order valence-electron chi connectivity index (χ2n) is 7.88. The largest absolute Gasteiger partial charge is 3.00 e. The fourth-order valence-corrected chi connectivity index (χ4v) is 1.53. The van der Waals surface area contributed by atoms with E-state index in [0.29, 0.717) is 0 Å². The summed E-state index contributed by atoms with van der Waals surface area (Å²) in [5.74, 6) is -15.0. The van der Waals surface area contributed by atoms with Crippen LogP contribution in [0.15, 0.2) is 0 Å². The van der Waals surface area contributed by atoms with Gasteiger partial charge >= 0.3 is 77.5 Å². The first-order valence-corrected chi connectivity index (χ1v) is 12.4. The first kappa shape index (κ1) is 64.7. The zero-order valence-corrected chi connectivity index (χ0v) is 30.3. The molecule has 0 N–H and O–H groups in total. The number of carboxylic acids is 5. The van der Waals surface area contributed by atoms with Crippen LogP contribution in [0.5, 0.6) is 0 Å². The zero-order chi connectivity index (χ0) is 41.0. The zero-order valence-electron chi connectivity index (χ0n) is 25.2. The van der Waals surface area contributed by atoms with Gasteiger partial charge in [-0.05, 0) is 38.5 Å². The Bertz CT molecular complexity index is 760. The Kier molecular flexibility index (Phi) is 41.4. The summed E-state index contributed by atoms with van der Waals surface area (Å²) in [6.07, 6.45) is -18.3. The maximum Gasteiger partial charge on any atom is 3.00 e. The maximum atomic E-state index is 10.5. The molecule has 3 heterocycles. The molecule has 0 aromatic carbocycles. The molecule has 30 heteroatoms. The molecule has 3 saturated heterocycles. The number of alkyl halides is 15. The fraction of sp³-hybridized carbons (Fsp3) is 0.773. The number of carbonyl (C=O) groups is 5. The second-order valence-corrected chi connectivity index (χ2v) is 7.88. The van der Waals surface area contributed by atoms with E-state index in [9.17, 15) is 65.9 Å². The van der Waals surface area contributed by atoms with Gasteiger partial charge in [0.05, 0.1) is 0 Å². The van der Waals surface area contributed by atoms with E-state index < -0.39 is 60.7 Å². The number of halogens is 15. The van der Waals surface area contributed by atoms with Crippen molar-refractivity contribution < 1.29 is 150 Å². The quantitative estimate of drug-likeness (QED) is 0.199. The molecule has 3 rings (SSSR count). The van der Waals surface area contributed by atoms with Crippen LogP contribution in [0.2, 0.25) is 0 Å². The van der Waals surface area contributed by atoms with Crippen molar-refractivity contribution in [2.24, 2.45) is 0 Å². The summed E-state index contributed by atoms with van der Waals surface area (Å²) < 4.78 is 173. The standard InChI is InChI=1S/3C4H8O.5C2HF3O2.Bi.Pd/c3*1-2-4-5-3-1;5*3-2(4,5)1(6)7;;/h3*1-4H2;5*(H,6,7);;/q;;;;;;;;+3;+2/p-5. The molecule has 3 aliphatic heterocycles. The van der Waals surface area contributed by atoms with Crippen LogP contribution >= 0.6 is 0 Å². The van der Waals surface area contributed by atoms with Gasteiger partial charge in [-0.2, -0.15) is 65.9 Å². The minimum Gasteiger partial charge on any atom is -0.542 e. The van der Waals surface area contributed by atoms with Crippen molar-refractivity contribution in [3.8, 4) is 0 Å². The average molecular weight is 1100 g/mol. The van der Waals surface area contributed by atoms with Crippen LogP contribution in [-0.4, -0.2) is 127 Å². The summed E-state index contributed by atoms with van der Waals surface area (Å²) in [6.45, 7) is 6.00. The maximum absolute atomic E-state index is 10.5. The molecule has 3 aliphatic rings. The number of aliphatic carboxylic acids is 5. The smallest absolute Gasteiger partial charge is 0.542 e. The fourth-order valence-electron chi connectivity index (χ4n) is 1.53. The molecule has 0 unspecified atom stereocenters. The van der Waals surface area contributed by atoms with Gasteiger partial charge < -0.3 is 63.7 Å². The van der Waals surface area contributed by atoms with Crippen LogP contribution in [0.4, 0.5) is 65.9 Å². The number of carboxylic acid groups (broad SMARTS) is 5. The van der Waals surface area contributed by atoms with Gasteiger partial charge in [0.15, 0.2) is 0 Å². The van der Waals surface area contributed by atoms with E-state index in [4.69, 9.17) is 63.7 Å². The van der Waals surface area contributed by atoms with Gasteiger partial charge in [0.25, 0.3) is 0 Å². The number of ether oxygens (including phenoxy) is 3. The van der Waals surface area contributed by atoms with Gasteiger partial charge in [0, 0.05) is 39.6 Å². The van der Waals surface area contributed by atoms with E-state index in [0.717, 1.165) is 39.6 Å². The molecule has 0 aromatic heterocycles. The van der Waals surface area contributed by atoms with Crippen molar-refractivity contribution in [1.29, 1.82) is 0 Å². The van der Waals surface area contributed by atoms with E-state index in [1.54, 1.807) is 0 Å². The summed E-state index contributed by atoms with van der Waals surface area (Å²) >= 11 is 0. The number of rotatable bonds is 0. The monoisotopic (exact) mass is 1100 g/mol. The van der Waals surface area contributed by atoms with Crippen molar-refractivity contribution in [1.82, 2.24) is 0 Å². The predicted octanol–water partition coefficient (Wildman–Crippen LogP) is -1.50. The minimum absolute atomic E-state index is 0. The second kappa shape index (κ2) is 33.3. The van der Waals surface area contributed by atoms with Crippen LogP contribution < -0.4 is 25.5 Å². The van der Waals surface area contributed by atoms with Crippen molar-refractivity contribution in [3.63, 3.8) is 0 Å². The molecule has 0 amide bonds. The average Bonchev–Trinajstić information content (AvgIpc) is 3.74. The molecule has 13 nitrogen and oxygen atoms in total. The first-order chi connectivity index (χ1) is 22.2. The summed E-state index contributed by atoms with van der Waals surface area (Å²) in [6, 6.07) is 0. The molecule has 52 heavy (non-hydrogen) atoms. The van der Waals surface area contributed by atoms with Gasteiger partial charge in [-0.25, -0.2) is 0 Å². The van der Waals surface area contributed by atoms with Gasteiger partial charge in [0.1, 0.15) is 29.8 Å². The third kappa shape index (κ3) is 57.1. The molecular weight excluding hydrogens is 1070 g/mol. The van der Waals surface area contributed by atoms with Crippen molar-refractivity contribution in [2.45, 2.75) is 69.4 Å². The Morgan fingerprint density at radius 1 is 0.327 bits per heavy atom. The molecule has 2 radical (unpaired) electrons. The summed E-state index contributed by atoms with van der Waals surface area (Å²) in [4.78, 5) is 43.9. The van der Waals surface area contributed by atoms with E-state index in [1.807, 2.05) is 0 Å². The van der Waals surface area contributed by atoms with Crippen molar-refractivity contribution in [2.75, 3.05) is 39.6 Å². The Morgan fingerprint density at radius 3 is 0.423 bits per heavy atom. The summed E-state index contributed by atoms with van der Waals surface area (Å²) in [5, 5.41) is 43.9. The third-order valence-electron chi connectivity index (χ3n) is 3.64. The van der Waals surface area contributed by atoms with E-state index in [-0.39, 0.29) is 46.6 Å². The third-order valence-corrected chi connectivity index (χ3v) is 3.64. The molecule has 0 spiro atoms. The Labute approximate surface area is 314 Å². The summed E-state index contributed by atoms with van der Waals surface area (Å²) in [7, 11) is 0. The normalized spacial score (nSPS) is 14.5. The Morgan fingerprint density at radius 2 is 0.404 bits per heavy atom. The molecule has 0 aromatic rings. The molecule has 0 saturated carbocycles. The number of hydrogen-bond acceptors (Lipinski definition) is 13. The SMILES string of the molecule is C1CCOC1.C1CCOC1.C1CCOC1.O=C([O-])C(F)(F)F.O=C([O-])C(F)(F)F.O=C([O-])C(F)(F)F.O=C([O-])C(F)(F)F.O=C([O-])C(F)(F)F.[Bi+3].[Pd+2]. The van der Waals surface area contributed by atoms with Crippen LogP contribution in [-0.2, 0) is 58.6 Å². The minimum atomic E-state index is -5.19. The number of carbonyl (C=O) groups excluding carboxylic acids is 5. The number of hydrogen-bond donors (Lipinski definition) is 0. The van der Waals surface area contributed by atoms with Crippen molar-refractivity contribution in [3.05, 3.63) is 0 Å². The van der Waals surface area contributed by atoms with Crippen molar-refractivity contribution >= 4 is 56.0 Å². The van der Waals surface area contributed by atoms with Crippen LogP contribution in [0.1, 0.15) is 38.5 Å². The predicted molar refractivity (Wildman–Crippen MR) is 121 cm³/mol. The van der Waals surface area contributed by atoms with Gasteiger partial charge in [-0.15, -0.1) is 0 Å². The molecular formula is C22H24BiF15O13Pd. The first-order valence-electron chi connectivity index (χ1n) is 12.4. The van der Waals surface area contributed by atoms with E-state index in [2.05, 4.69) is 0 Å². The van der Waals surface area contributed by atoms with Gasteiger partial charge in [0.2, 0.25) is 0 Å². The van der Waals surface area contributed by atoms with Crippen LogP contribution in [0.25, 0.3) is 0 Å². The Balaban J connectivity index is -0.0000000887. The summed E-state index contributed by atoms with van der Waals surface area (Å²) in [5.41, 5.74) is 0. The van der Waals surface area contributed by atoms with E-state index in [1.165, 1.54) is 38.5 Å². The topological polar surface area (TPSA) is 228 Å². The van der Waals surface area contributed by atoms with Crippen LogP contribution in [0.3, 0.4) is 0 Å². The molecule has 3 fully saturated rings. The van der Waals surface area contributed by atoms with Gasteiger partial charge in [-0.1, -0.05) is 0 Å². The van der Waals surface area contributed by atoms with E-state index >= 15 is 0 Å². The molecule has 0 bridgehead atoms. The Hall–Kier alpha value is -2.27. The van der Waals surface area contributed by atoms with Gasteiger partial charge in [-0.3, -0.25) is 0 Å². The molecule has 0 aliphatic carbocycles.